The number of halogens is 1. The summed E-state index contributed by atoms with van der Waals surface area (Å²) in [5, 5.41) is 2.93. The maximum absolute atomic E-state index is 14.0. The Morgan fingerprint density at radius 1 is 0.966 bits per heavy atom. The molecule has 1 aliphatic heterocycles. The van der Waals surface area contributed by atoms with Crippen LogP contribution in [0, 0.1) is 11.7 Å². The largest absolute Gasteiger partial charge is 0.339 e. The van der Waals surface area contributed by atoms with Gasteiger partial charge in [0.2, 0.25) is 5.91 Å². The van der Waals surface area contributed by atoms with E-state index in [0.717, 1.165) is 25.7 Å². The Kier molecular flexibility index (Phi) is 5.74. The summed E-state index contributed by atoms with van der Waals surface area (Å²) in [7, 11) is 0. The van der Waals surface area contributed by atoms with E-state index in [1.54, 1.807) is 41.4 Å². The first-order valence-corrected chi connectivity index (χ1v) is 10.2. The molecule has 1 saturated heterocycles. The number of nitrogens with one attached hydrogen (secondary N) is 1. The van der Waals surface area contributed by atoms with Crippen LogP contribution in [0.5, 0.6) is 0 Å². The fourth-order valence-corrected chi connectivity index (χ4v) is 4.10. The highest BCUT2D eigenvalue weighted by Gasteiger charge is 2.31. The minimum absolute atomic E-state index is 0.159. The van der Waals surface area contributed by atoms with Crippen LogP contribution in [0.1, 0.15) is 36.0 Å². The Labute approximate surface area is 169 Å². The van der Waals surface area contributed by atoms with Crippen LogP contribution < -0.4 is 5.32 Å². The molecule has 152 valence electrons. The topological polar surface area (TPSA) is 65.5 Å². The number of carbonyl (C=O) groups is 2. The standard InChI is InChI=1S/C22H25FN4O2/c23-18-9-3-4-10-19(18)25-20-17(8-5-11-24-20)22(29)27-14-12-26(13-15-27)21(28)16-6-1-2-7-16/h3-5,8-11,16H,1-2,6-7,12-15H2,(H,24,25). The summed E-state index contributed by atoms with van der Waals surface area (Å²) in [5.41, 5.74) is 0.665. The SMILES string of the molecule is O=C(c1cccnc1Nc1ccccc1F)N1CCN(C(=O)C2CCCC2)CC1. The van der Waals surface area contributed by atoms with Crippen LogP contribution >= 0.6 is 0 Å². The van der Waals surface area contributed by atoms with Gasteiger partial charge in [0.15, 0.2) is 0 Å². The second-order valence-electron chi connectivity index (χ2n) is 7.60. The summed E-state index contributed by atoms with van der Waals surface area (Å²) in [6, 6.07) is 9.67. The predicted octanol–water partition coefficient (Wildman–Crippen LogP) is 3.44. The van der Waals surface area contributed by atoms with E-state index in [2.05, 4.69) is 10.3 Å². The molecule has 4 rings (SSSR count). The van der Waals surface area contributed by atoms with E-state index in [4.69, 9.17) is 0 Å². The molecule has 0 atom stereocenters. The summed E-state index contributed by atoms with van der Waals surface area (Å²) in [6.07, 6.45) is 5.80. The van der Waals surface area contributed by atoms with Gasteiger partial charge in [-0.1, -0.05) is 25.0 Å². The molecule has 1 aliphatic carbocycles. The van der Waals surface area contributed by atoms with Gasteiger partial charge in [0.25, 0.3) is 5.91 Å². The second-order valence-corrected chi connectivity index (χ2v) is 7.60. The summed E-state index contributed by atoms with van der Waals surface area (Å²) in [6.45, 7) is 2.09. The van der Waals surface area contributed by atoms with Crippen molar-refractivity contribution < 1.29 is 14.0 Å². The quantitative estimate of drug-likeness (QED) is 0.860. The summed E-state index contributed by atoms with van der Waals surface area (Å²) < 4.78 is 14.0. The van der Waals surface area contributed by atoms with Gasteiger partial charge in [-0.25, -0.2) is 9.37 Å². The van der Waals surface area contributed by atoms with Crippen LogP contribution in [-0.4, -0.2) is 52.8 Å². The Morgan fingerprint density at radius 3 is 2.38 bits per heavy atom. The Morgan fingerprint density at radius 2 is 1.66 bits per heavy atom. The number of aromatic nitrogens is 1. The van der Waals surface area contributed by atoms with E-state index < -0.39 is 5.82 Å². The van der Waals surface area contributed by atoms with Gasteiger partial charge in [-0.15, -0.1) is 0 Å². The lowest BCUT2D eigenvalue weighted by molar-refractivity contribution is -0.136. The molecular formula is C22H25FN4O2. The average Bonchev–Trinajstić information content (AvgIpc) is 3.30. The average molecular weight is 396 g/mol. The van der Waals surface area contributed by atoms with Crippen molar-refractivity contribution in [3.8, 4) is 0 Å². The van der Waals surface area contributed by atoms with Gasteiger partial charge < -0.3 is 15.1 Å². The van der Waals surface area contributed by atoms with Gasteiger partial charge in [0, 0.05) is 38.3 Å². The molecule has 2 aromatic rings. The van der Waals surface area contributed by atoms with E-state index >= 15 is 0 Å². The smallest absolute Gasteiger partial charge is 0.257 e. The highest BCUT2D eigenvalue weighted by atomic mass is 19.1. The molecule has 29 heavy (non-hydrogen) atoms. The molecule has 1 saturated carbocycles. The van der Waals surface area contributed by atoms with Crippen LogP contribution in [0.25, 0.3) is 0 Å². The number of carbonyl (C=O) groups excluding carboxylic acids is 2. The minimum Gasteiger partial charge on any atom is -0.339 e. The third-order valence-corrected chi connectivity index (χ3v) is 5.75. The third kappa shape index (κ3) is 4.23. The molecule has 0 spiro atoms. The third-order valence-electron chi connectivity index (χ3n) is 5.75. The number of amides is 2. The van der Waals surface area contributed by atoms with Crippen LogP contribution in [0.2, 0.25) is 0 Å². The maximum Gasteiger partial charge on any atom is 0.257 e. The number of hydrogen-bond donors (Lipinski definition) is 1. The van der Waals surface area contributed by atoms with E-state index in [-0.39, 0.29) is 23.4 Å². The zero-order valence-corrected chi connectivity index (χ0v) is 16.3. The van der Waals surface area contributed by atoms with Crippen molar-refractivity contribution in [2.24, 2.45) is 5.92 Å². The maximum atomic E-state index is 14.0. The van der Waals surface area contributed by atoms with Crippen molar-refractivity contribution in [3.05, 3.63) is 54.0 Å². The van der Waals surface area contributed by atoms with E-state index in [1.807, 2.05) is 4.90 Å². The number of para-hydroxylation sites is 1. The molecule has 2 amide bonds. The highest BCUT2D eigenvalue weighted by molar-refractivity contribution is 5.99. The number of anilines is 2. The molecule has 0 bridgehead atoms. The molecular weight excluding hydrogens is 371 g/mol. The number of piperazine rings is 1. The van der Waals surface area contributed by atoms with Crippen molar-refractivity contribution >= 4 is 23.3 Å². The van der Waals surface area contributed by atoms with Gasteiger partial charge in [-0.05, 0) is 37.1 Å². The fourth-order valence-electron chi connectivity index (χ4n) is 4.10. The molecule has 2 aliphatic rings. The number of nitrogens with zero attached hydrogens (tertiary/aromatic N) is 3. The van der Waals surface area contributed by atoms with Crippen LogP contribution in [0.15, 0.2) is 42.6 Å². The summed E-state index contributed by atoms with van der Waals surface area (Å²) >= 11 is 0. The number of benzene rings is 1. The van der Waals surface area contributed by atoms with Gasteiger partial charge >= 0.3 is 0 Å². The molecule has 1 N–H and O–H groups in total. The van der Waals surface area contributed by atoms with Crippen LogP contribution in [0.3, 0.4) is 0 Å². The molecule has 6 nitrogen and oxygen atoms in total. The summed E-state index contributed by atoms with van der Waals surface area (Å²) in [5.74, 6) is 0.151. The molecule has 1 aromatic carbocycles. The first-order chi connectivity index (χ1) is 14.1. The monoisotopic (exact) mass is 396 g/mol. The number of hydrogen-bond acceptors (Lipinski definition) is 4. The highest BCUT2D eigenvalue weighted by Crippen LogP contribution is 2.27. The molecule has 0 radical (unpaired) electrons. The lowest BCUT2D eigenvalue weighted by Gasteiger charge is -2.36. The predicted molar refractivity (Wildman–Crippen MR) is 108 cm³/mol. The van der Waals surface area contributed by atoms with Crippen molar-refractivity contribution in [1.82, 2.24) is 14.8 Å². The first-order valence-electron chi connectivity index (χ1n) is 10.2. The lowest BCUT2D eigenvalue weighted by Crippen LogP contribution is -2.51. The van der Waals surface area contributed by atoms with Crippen molar-refractivity contribution in [2.75, 3.05) is 31.5 Å². The van der Waals surface area contributed by atoms with Gasteiger partial charge in [0.1, 0.15) is 11.6 Å². The minimum atomic E-state index is -0.407. The van der Waals surface area contributed by atoms with Crippen LogP contribution in [0.4, 0.5) is 15.9 Å². The Balaban J connectivity index is 1.43. The molecule has 1 aromatic heterocycles. The lowest BCUT2D eigenvalue weighted by atomic mass is 10.1. The Hall–Kier alpha value is -2.96. The van der Waals surface area contributed by atoms with Gasteiger partial charge in [-0.3, -0.25) is 9.59 Å². The molecule has 2 fully saturated rings. The number of rotatable bonds is 4. The van der Waals surface area contributed by atoms with E-state index in [9.17, 15) is 14.0 Å². The first kappa shape index (κ1) is 19.4. The Bertz CT molecular complexity index is 890. The van der Waals surface area contributed by atoms with Gasteiger partial charge in [-0.2, -0.15) is 0 Å². The summed E-state index contributed by atoms with van der Waals surface area (Å²) in [4.78, 5) is 33.5. The normalized spacial score (nSPS) is 17.4. The molecule has 2 heterocycles. The second kappa shape index (κ2) is 8.59. The van der Waals surface area contributed by atoms with Crippen LogP contribution in [-0.2, 0) is 4.79 Å². The van der Waals surface area contributed by atoms with Crippen molar-refractivity contribution in [3.63, 3.8) is 0 Å². The zero-order chi connectivity index (χ0) is 20.2. The fraction of sp³-hybridized carbons (Fsp3) is 0.409. The van der Waals surface area contributed by atoms with Crippen molar-refractivity contribution in [2.45, 2.75) is 25.7 Å². The van der Waals surface area contributed by atoms with Crippen molar-refractivity contribution in [1.29, 1.82) is 0 Å². The van der Waals surface area contributed by atoms with E-state index in [1.165, 1.54) is 6.07 Å². The van der Waals surface area contributed by atoms with E-state index in [0.29, 0.717) is 37.6 Å². The number of pyridine rings is 1. The molecule has 7 heteroatoms. The zero-order valence-electron chi connectivity index (χ0n) is 16.3. The molecule has 0 unspecified atom stereocenters. The van der Waals surface area contributed by atoms with Gasteiger partial charge in [0.05, 0.1) is 11.3 Å².